The Morgan fingerprint density at radius 3 is 2.95 bits per heavy atom. The van der Waals surface area contributed by atoms with Crippen LogP contribution in [-0.2, 0) is 0 Å². The van der Waals surface area contributed by atoms with E-state index in [-0.39, 0.29) is 24.0 Å². The molecule has 6 nitrogen and oxygen atoms in total. The van der Waals surface area contributed by atoms with Gasteiger partial charge in [0.1, 0.15) is 0 Å². The number of likely N-dealkylation sites (tertiary alicyclic amines) is 1. The quantitative estimate of drug-likeness (QED) is 0.843. The molecule has 0 saturated carbocycles. The fraction of sp³-hybridized carbons (Fsp3) is 0.538. The summed E-state index contributed by atoms with van der Waals surface area (Å²) in [5.41, 5.74) is 0.816. The number of carbonyl (C=O) groups excluding carboxylic acids is 2. The standard InChI is InChI=1S/C13H16BrN3O3/c1-7-5-10(14)20-11(7)12(18)17-4-3-9-8(6-17)15-13(19)16(9)2/h5,8-9H,3-4,6H2,1-2H3,(H,15,19)/t8-,9+/m1/s1. The second-order valence-electron chi connectivity index (χ2n) is 5.34. The number of carbonyl (C=O) groups is 2. The van der Waals surface area contributed by atoms with Crippen LogP contribution in [0.3, 0.4) is 0 Å². The molecule has 1 N–H and O–H groups in total. The molecular formula is C13H16BrN3O3. The van der Waals surface area contributed by atoms with Crippen molar-refractivity contribution in [2.45, 2.75) is 25.4 Å². The van der Waals surface area contributed by atoms with Crippen molar-refractivity contribution in [3.63, 3.8) is 0 Å². The van der Waals surface area contributed by atoms with Gasteiger partial charge in [0, 0.05) is 25.7 Å². The summed E-state index contributed by atoms with van der Waals surface area (Å²) < 4.78 is 5.97. The van der Waals surface area contributed by atoms with E-state index in [9.17, 15) is 9.59 Å². The largest absolute Gasteiger partial charge is 0.444 e. The summed E-state index contributed by atoms with van der Waals surface area (Å²) in [6.45, 7) is 3.01. The first kappa shape index (κ1) is 13.5. The van der Waals surface area contributed by atoms with E-state index < -0.39 is 0 Å². The minimum atomic E-state index is -0.115. The Hall–Kier alpha value is -1.50. The van der Waals surface area contributed by atoms with E-state index in [1.165, 1.54) is 0 Å². The fourth-order valence-corrected chi connectivity index (χ4v) is 3.44. The first-order valence-electron chi connectivity index (χ1n) is 6.56. The number of likely N-dealkylation sites (N-methyl/N-ethyl adjacent to an activating group) is 1. The Balaban J connectivity index is 1.75. The van der Waals surface area contributed by atoms with E-state index in [2.05, 4.69) is 21.2 Å². The SMILES string of the molecule is Cc1cc(Br)oc1C(=O)N1CC[C@H]2[C@@H](C1)NC(=O)N2C. The smallest absolute Gasteiger partial charge is 0.317 e. The van der Waals surface area contributed by atoms with Gasteiger partial charge in [-0.3, -0.25) is 4.79 Å². The predicted octanol–water partition coefficient (Wildman–Crippen LogP) is 1.59. The highest BCUT2D eigenvalue weighted by molar-refractivity contribution is 9.10. The second-order valence-corrected chi connectivity index (χ2v) is 6.12. The highest BCUT2D eigenvalue weighted by atomic mass is 79.9. The molecule has 7 heteroatoms. The summed E-state index contributed by atoms with van der Waals surface area (Å²) in [6.07, 6.45) is 0.784. The number of nitrogens with one attached hydrogen (secondary N) is 1. The molecule has 0 aliphatic carbocycles. The molecule has 2 fully saturated rings. The number of hydrogen-bond donors (Lipinski definition) is 1. The number of furan rings is 1. The van der Waals surface area contributed by atoms with Crippen molar-refractivity contribution in [2.24, 2.45) is 0 Å². The van der Waals surface area contributed by atoms with Crippen LogP contribution in [0.15, 0.2) is 15.2 Å². The Morgan fingerprint density at radius 2 is 2.30 bits per heavy atom. The Bertz CT molecular complexity index is 571. The number of hydrogen-bond acceptors (Lipinski definition) is 3. The van der Waals surface area contributed by atoms with Gasteiger partial charge in [-0.2, -0.15) is 0 Å². The Kier molecular flexibility index (Phi) is 3.24. The summed E-state index contributed by atoms with van der Waals surface area (Å²) >= 11 is 3.24. The van der Waals surface area contributed by atoms with Gasteiger partial charge in [-0.25, -0.2) is 4.79 Å². The lowest BCUT2D eigenvalue weighted by molar-refractivity contribution is 0.0632. The number of piperidine rings is 1. The third kappa shape index (κ3) is 2.09. The van der Waals surface area contributed by atoms with Gasteiger partial charge in [0.2, 0.25) is 0 Å². The highest BCUT2D eigenvalue weighted by Gasteiger charge is 2.42. The summed E-state index contributed by atoms with van der Waals surface area (Å²) in [4.78, 5) is 27.6. The van der Waals surface area contributed by atoms with Gasteiger partial charge in [0.05, 0.1) is 12.1 Å². The van der Waals surface area contributed by atoms with Crippen LogP contribution < -0.4 is 5.32 Å². The summed E-state index contributed by atoms with van der Waals surface area (Å²) in [5.74, 6) is 0.253. The van der Waals surface area contributed by atoms with Crippen LogP contribution in [0, 0.1) is 6.92 Å². The zero-order chi connectivity index (χ0) is 14.4. The van der Waals surface area contributed by atoms with Crippen LogP contribution in [0.1, 0.15) is 22.5 Å². The van der Waals surface area contributed by atoms with Crippen LogP contribution in [0.25, 0.3) is 0 Å². The van der Waals surface area contributed by atoms with E-state index in [1.54, 1.807) is 22.9 Å². The van der Waals surface area contributed by atoms with Crippen molar-refractivity contribution in [1.82, 2.24) is 15.1 Å². The lowest BCUT2D eigenvalue weighted by atomic mass is 10.00. The highest BCUT2D eigenvalue weighted by Crippen LogP contribution is 2.25. The second kappa shape index (κ2) is 4.80. The Morgan fingerprint density at radius 1 is 1.55 bits per heavy atom. The molecule has 2 aliphatic rings. The van der Waals surface area contributed by atoms with Gasteiger partial charge < -0.3 is 19.5 Å². The zero-order valence-electron chi connectivity index (χ0n) is 11.4. The van der Waals surface area contributed by atoms with Gasteiger partial charge in [0.15, 0.2) is 10.4 Å². The third-order valence-corrected chi connectivity index (χ3v) is 4.46. The number of urea groups is 1. The molecular weight excluding hydrogens is 326 g/mol. The molecule has 0 radical (unpaired) electrons. The van der Waals surface area contributed by atoms with Crippen molar-refractivity contribution in [3.05, 3.63) is 22.1 Å². The maximum atomic E-state index is 12.5. The molecule has 0 unspecified atom stereocenters. The van der Waals surface area contributed by atoms with Crippen LogP contribution in [0.4, 0.5) is 4.79 Å². The van der Waals surface area contributed by atoms with Crippen molar-refractivity contribution >= 4 is 27.9 Å². The molecule has 2 aliphatic heterocycles. The zero-order valence-corrected chi connectivity index (χ0v) is 12.9. The van der Waals surface area contributed by atoms with E-state index in [0.717, 1.165) is 12.0 Å². The summed E-state index contributed by atoms with van der Waals surface area (Å²) in [6, 6.07) is 1.90. The Labute approximate surface area is 125 Å². The number of fused-ring (bicyclic) bond motifs is 1. The molecule has 2 atom stereocenters. The van der Waals surface area contributed by atoms with E-state index in [0.29, 0.717) is 23.5 Å². The number of rotatable bonds is 1. The van der Waals surface area contributed by atoms with E-state index in [1.807, 2.05) is 6.92 Å². The van der Waals surface area contributed by atoms with Crippen LogP contribution in [-0.4, -0.2) is 54.0 Å². The molecule has 3 heterocycles. The maximum absolute atomic E-state index is 12.5. The lowest BCUT2D eigenvalue weighted by Gasteiger charge is -2.35. The van der Waals surface area contributed by atoms with Crippen molar-refractivity contribution in [1.29, 1.82) is 0 Å². The minimum Gasteiger partial charge on any atom is -0.444 e. The molecule has 0 aromatic carbocycles. The summed E-state index contributed by atoms with van der Waals surface area (Å²) in [7, 11) is 1.80. The fourth-order valence-electron chi connectivity index (χ4n) is 2.94. The number of aryl methyl sites for hydroxylation is 1. The van der Waals surface area contributed by atoms with Crippen LogP contribution >= 0.6 is 15.9 Å². The molecule has 0 spiro atoms. The van der Waals surface area contributed by atoms with Gasteiger partial charge in [0.25, 0.3) is 5.91 Å². The molecule has 1 aromatic heterocycles. The molecule has 0 bridgehead atoms. The molecule has 108 valence electrons. The maximum Gasteiger partial charge on any atom is 0.317 e. The topological polar surface area (TPSA) is 65.8 Å². The molecule has 20 heavy (non-hydrogen) atoms. The van der Waals surface area contributed by atoms with E-state index in [4.69, 9.17) is 4.42 Å². The molecule has 3 amide bonds. The molecule has 1 aromatic rings. The van der Waals surface area contributed by atoms with Gasteiger partial charge in [-0.1, -0.05) is 0 Å². The number of halogens is 1. The molecule has 3 rings (SSSR count). The normalized spacial score (nSPS) is 25.6. The van der Waals surface area contributed by atoms with Crippen LogP contribution in [0.2, 0.25) is 0 Å². The van der Waals surface area contributed by atoms with E-state index >= 15 is 0 Å². The van der Waals surface area contributed by atoms with Gasteiger partial charge in [-0.15, -0.1) is 0 Å². The average molecular weight is 342 g/mol. The van der Waals surface area contributed by atoms with Crippen molar-refractivity contribution in [2.75, 3.05) is 20.1 Å². The number of amides is 3. The van der Waals surface area contributed by atoms with Crippen LogP contribution in [0.5, 0.6) is 0 Å². The van der Waals surface area contributed by atoms with Crippen molar-refractivity contribution in [3.8, 4) is 0 Å². The lowest BCUT2D eigenvalue weighted by Crippen LogP contribution is -2.52. The first-order chi connectivity index (χ1) is 9.47. The van der Waals surface area contributed by atoms with Gasteiger partial charge in [-0.05, 0) is 35.3 Å². The average Bonchev–Trinajstić information content (AvgIpc) is 2.89. The summed E-state index contributed by atoms with van der Waals surface area (Å²) in [5, 5.41) is 2.91. The minimum absolute atomic E-state index is 0.00362. The first-order valence-corrected chi connectivity index (χ1v) is 7.35. The third-order valence-electron chi connectivity index (χ3n) is 4.07. The van der Waals surface area contributed by atoms with Crippen molar-refractivity contribution < 1.29 is 14.0 Å². The van der Waals surface area contributed by atoms with Gasteiger partial charge >= 0.3 is 6.03 Å². The molecule has 2 saturated heterocycles. The predicted molar refractivity (Wildman–Crippen MR) is 75.5 cm³/mol. The number of nitrogens with zero attached hydrogens (tertiary/aromatic N) is 2. The monoisotopic (exact) mass is 341 g/mol.